The van der Waals surface area contributed by atoms with Gasteiger partial charge in [0, 0.05) is 0 Å². The fourth-order valence-electron chi connectivity index (χ4n) is 1.27. The number of aliphatic carboxylic acids is 1. The molecule has 104 valence electrons. The molecule has 0 aromatic heterocycles. The highest BCUT2D eigenvalue weighted by atomic mass is 19.3. The second-order valence-corrected chi connectivity index (χ2v) is 3.42. The number of carbonyl (C=O) groups is 2. The maximum absolute atomic E-state index is 12.1. The van der Waals surface area contributed by atoms with Crippen molar-refractivity contribution in [1.82, 2.24) is 5.32 Å². The van der Waals surface area contributed by atoms with Gasteiger partial charge in [0.15, 0.2) is 6.04 Å². The summed E-state index contributed by atoms with van der Waals surface area (Å²) >= 11 is 0. The van der Waals surface area contributed by atoms with Crippen LogP contribution in [-0.4, -0.2) is 41.3 Å². The van der Waals surface area contributed by atoms with Gasteiger partial charge >= 0.3 is 12.6 Å². The van der Waals surface area contributed by atoms with Gasteiger partial charge in [-0.2, -0.15) is 8.78 Å². The third-order valence-electron chi connectivity index (χ3n) is 2.13. The first kappa shape index (κ1) is 14.8. The lowest BCUT2D eigenvalue weighted by atomic mass is 10.1. The Morgan fingerprint density at radius 3 is 2.47 bits per heavy atom. The zero-order valence-corrected chi connectivity index (χ0v) is 9.55. The van der Waals surface area contributed by atoms with Crippen molar-refractivity contribution in [3.8, 4) is 5.75 Å². The van der Waals surface area contributed by atoms with E-state index in [-0.39, 0.29) is 11.3 Å². The van der Waals surface area contributed by atoms with Crippen LogP contribution in [-0.2, 0) is 4.79 Å². The van der Waals surface area contributed by atoms with Crippen molar-refractivity contribution in [3.63, 3.8) is 0 Å². The monoisotopic (exact) mass is 275 g/mol. The fourth-order valence-corrected chi connectivity index (χ4v) is 1.27. The number of alkyl halides is 2. The molecule has 19 heavy (non-hydrogen) atoms. The van der Waals surface area contributed by atoms with Gasteiger partial charge in [0.1, 0.15) is 5.75 Å². The molecule has 8 heteroatoms. The first-order valence-corrected chi connectivity index (χ1v) is 5.14. The predicted octanol–water partition coefficient (Wildman–Crippen LogP) is 0.463. The summed E-state index contributed by atoms with van der Waals surface area (Å²) in [6.45, 7) is -3.93. The summed E-state index contributed by atoms with van der Waals surface area (Å²) in [6.07, 6.45) is 0. The zero-order chi connectivity index (χ0) is 14.4. The number of ether oxygens (including phenoxy) is 1. The van der Waals surface area contributed by atoms with Crippen molar-refractivity contribution in [2.75, 3.05) is 6.61 Å². The second-order valence-electron chi connectivity index (χ2n) is 3.42. The van der Waals surface area contributed by atoms with E-state index in [9.17, 15) is 18.4 Å². The Morgan fingerprint density at radius 1 is 1.32 bits per heavy atom. The molecule has 0 bridgehead atoms. The Morgan fingerprint density at radius 2 is 1.95 bits per heavy atom. The zero-order valence-electron chi connectivity index (χ0n) is 9.55. The number of para-hydroxylation sites is 1. The molecule has 0 spiro atoms. The average Bonchev–Trinajstić information content (AvgIpc) is 2.35. The Balaban J connectivity index is 2.90. The number of halogens is 2. The molecule has 0 aliphatic carbocycles. The van der Waals surface area contributed by atoms with Gasteiger partial charge in [0.25, 0.3) is 5.91 Å². The van der Waals surface area contributed by atoms with Crippen LogP contribution < -0.4 is 10.1 Å². The van der Waals surface area contributed by atoms with E-state index in [1.165, 1.54) is 18.2 Å². The quantitative estimate of drug-likeness (QED) is 0.701. The molecule has 1 aromatic carbocycles. The highest BCUT2D eigenvalue weighted by molar-refractivity contribution is 5.98. The lowest BCUT2D eigenvalue weighted by Gasteiger charge is -2.14. The molecule has 0 radical (unpaired) electrons. The molecule has 0 saturated carbocycles. The van der Waals surface area contributed by atoms with Gasteiger partial charge in [0.2, 0.25) is 0 Å². The summed E-state index contributed by atoms with van der Waals surface area (Å²) in [5.41, 5.74) is -0.248. The van der Waals surface area contributed by atoms with Crippen LogP contribution in [0.1, 0.15) is 10.4 Å². The van der Waals surface area contributed by atoms with E-state index in [2.05, 4.69) is 4.74 Å². The van der Waals surface area contributed by atoms with Crippen LogP contribution >= 0.6 is 0 Å². The Bertz CT molecular complexity index is 466. The minimum absolute atomic E-state index is 0.248. The highest BCUT2D eigenvalue weighted by Crippen LogP contribution is 2.20. The highest BCUT2D eigenvalue weighted by Gasteiger charge is 2.22. The first-order chi connectivity index (χ1) is 8.95. The number of aliphatic hydroxyl groups is 1. The number of hydrogen-bond acceptors (Lipinski definition) is 4. The molecule has 0 heterocycles. The largest absolute Gasteiger partial charge is 0.480 e. The molecule has 1 aromatic rings. The summed E-state index contributed by atoms with van der Waals surface area (Å²) in [4.78, 5) is 22.3. The van der Waals surface area contributed by atoms with Gasteiger partial charge in [-0.1, -0.05) is 12.1 Å². The SMILES string of the molecule is O=C(N[C@@H](CO)C(=O)O)c1ccccc1OC(F)F. The van der Waals surface area contributed by atoms with Gasteiger partial charge in [0.05, 0.1) is 12.2 Å². The van der Waals surface area contributed by atoms with Gasteiger partial charge in [-0.15, -0.1) is 0 Å². The molecule has 1 rings (SSSR count). The predicted molar refractivity (Wildman–Crippen MR) is 59.0 cm³/mol. The third kappa shape index (κ3) is 4.18. The van der Waals surface area contributed by atoms with Crippen LogP contribution in [0.2, 0.25) is 0 Å². The van der Waals surface area contributed by atoms with Crippen LogP contribution in [0.4, 0.5) is 8.78 Å². The van der Waals surface area contributed by atoms with Crippen LogP contribution in [0.25, 0.3) is 0 Å². The van der Waals surface area contributed by atoms with E-state index in [0.29, 0.717) is 0 Å². The number of hydrogen-bond donors (Lipinski definition) is 3. The number of amides is 1. The molecular weight excluding hydrogens is 264 g/mol. The maximum Gasteiger partial charge on any atom is 0.387 e. The van der Waals surface area contributed by atoms with E-state index in [4.69, 9.17) is 10.2 Å². The lowest BCUT2D eigenvalue weighted by molar-refractivity contribution is -0.140. The number of carboxylic acids is 1. The van der Waals surface area contributed by atoms with Crippen molar-refractivity contribution in [1.29, 1.82) is 0 Å². The molecular formula is C11H11F2NO5. The number of benzene rings is 1. The van der Waals surface area contributed by atoms with Gasteiger partial charge in [-0.05, 0) is 12.1 Å². The van der Waals surface area contributed by atoms with Crippen LogP contribution in [0, 0.1) is 0 Å². The summed E-state index contributed by atoms with van der Waals surface area (Å²) in [5.74, 6) is -2.75. The Kier molecular flexibility index (Phi) is 5.19. The minimum atomic E-state index is -3.11. The molecule has 1 atom stereocenters. The molecule has 0 aliphatic rings. The standard InChI is InChI=1S/C11H11F2NO5/c12-11(13)19-8-4-2-1-3-6(8)9(16)14-7(5-15)10(17)18/h1-4,7,11,15H,5H2,(H,14,16)(H,17,18)/t7-/m0/s1. The van der Waals surface area contributed by atoms with Crippen LogP contribution in [0.3, 0.4) is 0 Å². The topological polar surface area (TPSA) is 95.9 Å². The van der Waals surface area contributed by atoms with Crippen LogP contribution in [0.5, 0.6) is 5.75 Å². The van der Waals surface area contributed by atoms with Crippen molar-refractivity contribution >= 4 is 11.9 Å². The van der Waals surface area contributed by atoms with Gasteiger partial charge in [-0.25, -0.2) is 4.79 Å². The van der Waals surface area contributed by atoms with Crippen molar-refractivity contribution < 1.29 is 33.3 Å². The smallest absolute Gasteiger partial charge is 0.387 e. The molecule has 6 nitrogen and oxygen atoms in total. The number of carboxylic acid groups (broad SMARTS) is 1. The Labute approximate surface area is 106 Å². The summed E-state index contributed by atoms with van der Waals surface area (Å²) in [6, 6.07) is 3.61. The normalized spacial score (nSPS) is 12.0. The van der Waals surface area contributed by atoms with Gasteiger partial charge < -0.3 is 20.3 Å². The lowest BCUT2D eigenvalue weighted by Crippen LogP contribution is -2.43. The van der Waals surface area contributed by atoms with Crippen molar-refractivity contribution in [2.45, 2.75) is 12.7 Å². The molecule has 0 saturated heterocycles. The van der Waals surface area contributed by atoms with E-state index in [1.54, 1.807) is 0 Å². The number of carbonyl (C=O) groups excluding carboxylic acids is 1. The minimum Gasteiger partial charge on any atom is -0.480 e. The summed E-state index contributed by atoms with van der Waals surface area (Å²) in [5, 5.41) is 19.4. The van der Waals surface area contributed by atoms with E-state index >= 15 is 0 Å². The van der Waals surface area contributed by atoms with Crippen molar-refractivity contribution in [2.24, 2.45) is 0 Å². The molecule has 0 fully saturated rings. The summed E-state index contributed by atoms with van der Waals surface area (Å²) < 4.78 is 28.4. The second kappa shape index (κ2) is 6.64. The third-order valence-corrected chi connectivity index (χ3v) is 2.13. The fraction of sp³-hybridized carbons (Fsp3) is 0.273. The number of rotatable bonds is 6. The van der Waals surface area contributed by atoms with E-state index < -0.39 is 31.1 Å². The Hall–Kier alpha value is -2.22. The molecule has 0 aliphatic heterocycles. The van der Waals surface area contributed by atoms with Gasteiger partial charge in [-0.3, -0.25) is 4.79 Å². The molecule has 3 N–H and O–H groups in total. The van der Waals surface area contributed by atoms with E-state index in [0.717, 1.165) is 6.07 Å². The van der Waals surface area contributed by atoms with E-state index in [1.807, 2.05) is 5.32 Å². The maximum atomic E-state index is 12.1. The van der Waals surface area contributed by atoms with Crippen molar-refractivity contribution in [3.05, 3.63) is 29.8 Å². The summed E-state index contributed by atoms with van der Waals surface area (Å²) in [7, 11) is 0. The molecule has 1 amide bonds. The average molecular weight is 275 g/mol. The first-order valence-electron chi connectivity index (χ1n) is 5.14. The van der Waals surface area contributed by atoms with Crippen LogP contribution in [0.15, 0.2) is 24.3 Å². The number of nitrogens with one attached hydrogen (secondary N) is 1. The number of aliphatic hydroxyl groups excluding tert-OH is 1. The molecule has 0 unspecified atom stereocenters.